The number of rotatable bonds is 5. The van der Waals surface area contributed by atoms with Crippen LogP contribution in [0, 0.1) is 5.92 Å². The summed E-state index contributed by atoms with van der Waals surface area (Å²) in [6.07, 6.45) is 3.69. The Morgan fingerprint density at radius 2 is 1.65 bits per heavy atom. The molecule has 1 aliphatic carbocycles. The summed E-state index contributed by atoms with van der Waals surface area (Å²) in [7, 11) is 1.70. The maximum Gasteiger partial charge on any atom is 0.161 e. The molecule has 2 aliphatic rings. The fourth-order valence-corrected chi connectivity index (χ4v) is 4.54. The van der Waals surface area contributed by atoms with E-state index in [1.807, 2.05) is 24.3 Å². The van der Waals surface area contributed by atoms with Gasteiger partial charge in [-0.3, -0.25) is 0 Å². The first-order valence-corrected chi connectivity index (χ1v) is 9.84. The molecule has 2 aromatic carbocycles. The molecule has 1 aliphatic heterocycles. The molecule has 3 heteroatoms. The van der Waals surface area contributed by atoms with Crippen molar-refractivity contribution < 1.29 is 9.47 Å². The Morgan fingerprint density at radius 1 is 0.962 bits per heavy atom. The van der Waals surface area contributed by atoms with Gasteiger partial charge in [0.05, 0.1) is 7.11 Å². The van der Waals surface area contributed by atoms with E-state index in [0.717, 1.165) is 43.3 Å². The fraction of sp³-hybridized carbons (Fsp3) is 0.478. The van der Waals surface area contributed by atoms with Gasteiger partial charge in [-0.05, 0) is 54.4 Å². The van der Waals surface area contributed by atoms with Crippen LogP contribution in [0.25, 0.3) is 0 Å². The second kappa shape index (κ2) is 7.71. The standard InChI is InChI=1S/C23H29NO2/c1-17-15-18-7-3-4-8-20(18)21(17)16-24-13-11-19(12-14-24)26-23-10-6-5-9-22(23)25-2/h3-10,17,19,21H,11-16H2,1-2H3. The van der Waals surface area contributed by atoms with Gasteiger partial charge in [-0.15, -0.1) is 0 Å². The third kappa shape index (κ3) is 3.59. The molecule has 0 saturated carbocycles. The van der Waals surface area contributed by atoms with Crippen LogP contribution in [0.1, 0.15) is 36.8 Å². The van der Waals surface area contributed by atoms with E-state index >= 15 is 0 Å². The number of ether oxygens (including phenoxy) is 2. The third-order valence-corrected chi connectivity index (χ3v) is 6.04. The lowest BCUT2D eigenvalue weighted by atomic mass is 9.92. The van der Waals surface area contributed by atoms with Crippen molar-refractivity contribution in [2.75, 3.05) is 26.7 Å². The summed E-state index contributed by atoms with van der Waals surface area (Å²) in [5.41, 5.74) is 3.13. The van der Waals surface area contributed by atoms with E-state index in [0.29, 0.717) is 5.92 Å². The van der Waals surface area contributed by atoms with Gasteiger partial charge in [-0.2, -0.15) is 0 Å². The Balaban J connectivity index is 1.33. The lowest BCUT2D eigenvalue weighted by Gasteiger charge is -2.34. The summed E-state index contributed by atoms with van der Waals surface area (Å²) in [6.45, 7) is 5.82. The molecule has 0 N–H and O–H groups in total. The number of benzene rings is 2. The van der Waals surface area contributed by atoms with Crippen molar-refractivity contribution >= 4 is 0 Å². The van der Waals surface area contributed by atoms with Crippen molar-refractivity contribution in [2.45, 2.75) is 38.2 Å². The molecule has 0 spiro atoms. The number of nitrogens with zero attached hydrogens (tertiary/aromatic N) is 1. The topological polar surface area (TPSA) is 21.7 Å². The van der Waals surface area contributed by atoms with Crippen molar-refractivity contribution in [2.24, 2.45) is 5.92 Å². The van der Waals surface area contributed by atoms with Gasteiger partial charge >= 0.3 is 0 Å². The normalized spacial score (nSPS) is 23.6. The molecule has 0 radical (unpaired) electrons. The zero-order valence-corrected chi connectivity index (χ0v) is 15.9. The van der Waals surface area contributed by atoms with Crippen LogP contribution < -0.4 is 9.47 Å². The Morgan fingerprint density at radius 3 is 2.42 bits per heavy atom. The highest BCUT2D eigenvalue weighted by atomic mass is 16.5. The number of hydrogen-bond acceptors (Lipinski definition) is 3. The number of likely N-dealkylation sites (tertiary alicyclic amines) is 1. The van der Waals surface area contributed by atoms with Crippen molar-refractivity contribution in [3.05, 3.63) is 59.7 Å². The minimum atomic E-state index is 0.288. The number of para-hydroxylation sites is 2. The highest BCUT2D eigenvalue weighted by Gasteiger charge is 2.31. The number of methoxy groups -OCH3 is 1. The molecule has 26 heavy (non-hydrogen) atoms. The maximum absolute atomic E-state index is 6.22. The predicted octanol–water partition coefficient (Wildman–Crippen LogP) is 4.51. The van der Waals surface area contributed by atoms with E-state index in [1.165, 1.54) is 13.0 Å². The Bertz CT molecular complexity index is 736. The monoisotopic (exact) mass is 351 g/mol. The second-order valence-corrected chi connectivity index (χ2v) is 7.76. The van der Waals surface area contributed by atoms with Crippen LogP contribution in [-0.4, -0.2) is 37.7 Å². The van der Waals surface area contributed by atoms with Crippen LogP contribution in [0.4, 0.5) is 0 Å². The van der Waals surface area contributed by atoms with Gasteiger partial charge in [0.2, 0.25) is 0 Å². The molecule has 1 fully saturated rings. The van der Waals surface area contributed by atoms with E-state index in [1.54, 1.807) is 18.2 Å². The minimum absolute atomic E-state index is 0.288. The summed E-state index contributed by atoms with van der Waals surface area (Å²) < 4.78 is 11.6. The lowest BCUT2D eigenvalue weighted by molar-refractivity contribution is 0.0919. The molecule has 138 valence electrons. The number of hydrogen-bond donors (Lipinski definition) is 0. The average molecular weight is 351 g/mol. The van der Waals surface area contributed by atoms with Gasteiger partial charge in [-0.25, -0.2) is 0 Å². The Labute approximate surface area is 156 Å². The summed E-state index contributed by atoms with van der Waals surface area (Å²) in [5.74, 6) is 3.12. The van der Waals surface area contributed by atoms with Gasteiger partial charge in [-0.1, -0.05) is 43.3 Å². The van der Waals surface area contributed by atoms with E-state index in [4.69, 9.17) is 9.47 Å². The van der Waals surface area contributed by atoms with Crippen LogP contribution >= 0.6 is 0 Å². The quantitative estimate of drug-likeness (QED) is 0.791. The van der Waals surface area contributed by atoms with Crippen LogP contribution in [0.2, 0.25) is 0 Å². The summed E-state index contributed by atoms with van der Waals surface area (Å²) >= 11 is 0. The van der Waals surface area contributed by atoms with Gasteiger partial charge in [0.15, 0.2) is 11.5 Å². The fourth-order valence-electron chi connectivity index (χ4n) is 4.54. The molecule has 0 amide bonds. The SMILES string of the molecule is COc1ccccc1OC1CCN(CC2c3ccccc3CC2C)CC1. The first kappa shape index (κ1) is 17.4. The van der Waals surface area contributed by atoms with Crippen molar-refractivity contribution in [3.8, 4) is 11.5 Å². The molecular weight excluding hydrogens is 322 g/mol. The van der Waals surface area contributed by atoms with Crippen molar-refractivity contribution in [3.63, 3.8) is 0 Å². The van der Waals surface area contributed by atoms with Crippen molar-refractivity contribution in [1.29, 1.82) is 0 Å². The van der Waals surface area contributed by atoms with Crippen LogP contribution in [0.5, 0.6) is 11.5 Å². The molecule has 2 atom stereocenters. The second-order valence-electron chi connectivity index (χ2n) is 7.76. The van der Waals surface area contributed by atoms with Gasteiger partial charge in [0, 0.05) is 19.6 Å². The zero-order chi connectivity index (χ0) is 17.9. The average Bonchev–Trinajstić information content (AvgIpc) is 2.99. The van der Waals surface area contributed by atoms with Crippen LogP contribution in [0.3, 0.4) is 0 Å². The predicted molar refractivity (Wildman–Crippen MR) is 105 cm³/mol. The van der Waals surface area contributed by atoms with Gasteiger partial charge in [0.25, 0.3) is 0 Å². The molecular formula is C23H29NO2. The first-order valence-electron chi connectivity index (χ1n) is 9.84. The van der Waals surface area contributed by atoms with E-state index < -0.39 is 0 Å². The van der Waals surface area contributed by atoms with E-state index in [9.17, 15) is 0 Å². The smallest absolute Gasteiger partial charge is 0.161 e. The molecule has 1 saturated heterocycles. The molecule has 4 rings (SSSR count). The Hall–Kier alpha value is -2.00. The molecule has 2 unspecified atom stereocenters. The molecule has 3 nitrogen and oxygen atoms in total. The third-order valence-electron chi connectivity index (χ3n) is 6.04. The van der Waals surface area contributed by atoms with E-state index in [2.05, 4.69) is 36.1 Å². The van der Waals surface area contributed by atoms with Gasteiger partial charge in [0.1, 0.15) is 6.10 Å². The minimum Gasteiger partial charge on any atom is -0.493 e. The lowest BCUT2D eigenvalue weighted by Crippen LogP contribution is -2.40. The summed E-state index contributed by atoms with van der Waals surface area (Å²) in [6, 6.07) is 17.0. The number of fused-ring (bicyclic) bond motifs is 1. The van der Waals surface area contributed by atoms with Crippen LogP contribution in [-0.2, 0) is 6.42 Å². The molecule has 2 aromatic rings. The Kier molecular flexibility index (Phi) is 5.16. The highest BCUT2D eigenvalue weighted by Crippen LogP contribution is 2.38. The molecule has 0 bridgehead atoms. The zero-order valence-electron chi connectivity index (χ0n) is 15.9. The van der Waals surface area contributed by atoms with Crippen LogP contribution in [0.15, 0.2) is 48.5 Å². The molecule has 0 aromatic heterocycles. The summed E-state index contributed by atoms with van der Waals surface area (Å²) in [4.78, 5) is 2.63. The largest absolute Gasteiger partial charge is 0.493 e. The number of piperidine rings is 1. The highest BCUT2D eigenvalue weighted by molar-refractivity contribution is 5.39. The first-order chi connectivity index (χ1) is 12.7. The van der Waals surface area contributed by atoms with E-state index in [-0.39, 0.29) is 6.10 Å². The molecule has 1 heterocycles. The maximum atomic E-state index is 6.22. The van der Waals surface area contributed by atoms with Gasteiger partial charge < -0.3 is 14.4 Å². The van der Waals surface area contributed by atoms with Crippen molar-refractivity contribution in [1.82, 2.24) is 4.90 Å². The summed E-state index contributed by atoms with van der Waals surface area (Å²) in [5, 5.41) is 0.